The van der Waals surface area contributed by atoms with Crippen LogP contribution < -0.4 is 4.74 Å². The molecule has 2 aromatic carbocycles. The molecule has 0 aliphatic carbocycles. The van der Waals surface area contributed by atoms with Crippen LogP contribution in [-0.2, 0) is 6.42 Å². The van der Waals surface area contributed by atoms with Crippen LogP contribution in [0.15, 0.2) is 59.3 Å². The van der Waals surface area contributed by atoms with E-state index in [4.69, 9.17) is 4.74 Å². The van der Waals surface area contributed by atoms with E-state index in [2.05, 4.69) is 20.9 Å². The van der Waals surface area contributed by atoms with Crippen molar-refractivity contribution in [3.8, 4) is 11.5 Å². The van der Waals surface area contributed by atoms with Gasteiger partial charge in [-0.1, -0.05) is 30.3 Å². The molecule has 146 valence electrons. The summed E-state index contributed by atoms with van der Waals surface area (Å²) in [7, 11) is 1.50. The van der Waals surface area contributed by atoms with Gasteiger partial charge in [-0.3, -0.25) is 4.79 Å². The molecule has 3 aromatic rings. The van der Waals surface area contributed by atoms with Gasteiger partial charge in [0.25, 0.3) is 0 Å². The number of methoxy groups -OCH3 is 1. The van der Waals surface area contributed by atoms with Crippen LogP contribution in [-0.4, -0.2) is 27.6 Å². The van der Waals surface area contributed by atoms with E-state index in [9.17, 15) is 9.90 Å². The van der Waals surface area contributed by atoms with Crippen molar-refractivity contribution in [3.05, 3.63) is 76.3 Å². The van der Waals surface area contributed by atoms with E-state index < -0.39 is 5.92 Å². The first kappa shape index (κ1) is 20.1. The van der Waals surface area contributed by atoms with Crippen LogP contribution >= 0.6 is 15.9 Å². The molecule has 1 N–H and O–H groups in total. The standard InChI is InChI=1S/C22H23BrN2O3/c1-14(2)25-10-9-24-22(25)20(26)17(16-7-5-4-6-8-16)11-15-12-18(23)21(27)19(13-15)28-3/h4-10,12-14,17,27H,11H2,1-3H3/t17-/m0/s1. The predicted octanol–water partition coefficient (Wildman–Crippen LogP) is 5.15. The van der Waals surface area contributed by atoms with Gasteiger partial charge in [-0.25, -0.2) is 4.98 Å². The van der Waals surface area contributed by atoms with Crippen molar-refractivity contribution in [1.29, 1.82) is 0 Å². The molecule has 1 aromatic heterocycles. The lowest BCUT2D eigenvalue weighted by Crippen LogP contribution is -2.21. The number of halogens is 1. The summed E-state index contributed by atoms with van der Waals surface area (Å²) >= 11 is 3.36. The molecule has 28 heavy (non-hydrogen) atoms. The minimum Gasteiger partial charge on any atom is -0.503 e. The fourth-order valence-electron chi connectivity index (χ4n) is 3.26. The molecular weight excluding hydrogens is 420 g/mol. The lowest BCUT2D eigenvalue weighted by molar-refractivity contribution is 0.0942. The van der Waals surface area contributed by atoms with Crippen LogP contribution in [0.3, 0.4) is 0 Å². The van der Waals surface area contributed by atoms with E-state index in [1.54, 1.807) is 12.3 Å². The second kappa shape index (κ2) is 8.61. The summed E-state index contributed by atoms with van der Waals surface area (Å²) in [4.78, 5) is 17.8. The van der Waals surface area contributed by atoms with Gasteiger partial charge in [0.05, 0.1) is 17.5 Å². The minimum atomic E-state index is -0.401. The van der Waals surface area contributed by atoms with Crippen molar-refractivity contribution in [1.82, 2.24) is 9.55 Å². The summed E-state index contributed by atoms with van der Waals surface area (Å²) in [6.45, 7) is 4.05. The van der Waals surface area contributed by atoms with E-state index >= 15 is 0 Å². The van der Waals surface area contributed by atoms with E-state index in [1.807, 2.05) is 61.0 Å². The number of carbonyl (C=O) groups excluding carboxylic acids is 1. The Morgan fingerprint density at radius 3 is 2.61 bits per heavy atom. The van der Waals surface area contributed by atoms with Gasteiger partial charge >= 0.3 is 0 Å². The fraction of sp³-hybridized carbons (Fsp3) is 0.273. The first-order chi connectivity index (χ1) is 13.4. The van der Waals surface area contributed by atoms with Crippen LogP contribution in [0.4, 0.5) is 0 Å². The zero-order valence-electron chi connectivity index (χ0n) is 16.1. The molecule has 0 bridgehead atoms. The second-order valence-corrected chi connectivity index (χ2v) is 7.77. The molecule has 5 nitrogen and oxygen atoms in total. The van der Waals surface area contributed by atoms with Gasteiger partial charge in [0.15, 0.2) is 17.3 Å². The summed E-state index contributed by atoms with van der Waals surface area (Å²) in [6.07, 6.45) is 3.96. The summed E-state index contributed by atoms with van der Waals surface area (Å²) in [5.41, 5.74) is 1.81. The first-order valence-corrected chi connectivity index (χ1v) is 9.89. The number of hydrogen-bond acceptors (Lipinski definition) is 4. The Bertz CT molecular complexity index is 967. The number of rotatable bonds is 7. The van der Waals surface area contributed by atoms with Gasteiger partial charge in [-0.05, 0) is 59.5 Å². The number of aromatic hydroxyl groups is 1. The number of nitrogens with zero attached hydrogens (tertiary/aromatic N) is 2. The van der Waals surface area contributed by atoms with Crippen molar-refractivity contribution in [3.63, 3.8) is 0 Å². The number of phenols is 1. The average Bonchev–Trinajstić information content (AvgIpc) is 3.19. The second-order valence-electron chi connectivity index (χ2n) is 6.91. The molecule has 0 fully saturated rings. The molecule has 0 unspecified atom stereocenters. The quantitative estimate of drug-likeness (QED) is 0.513. The summed E-state index contributed by atoms with van der Waals surface area (Å²) in [5, 5.41) is 10.1. The normalized spacial score (nSPS) is 12.2. The lowest BCUT2D eigenvalue weighted by Gasteiger charge is -2.19. The smallest absolute Gasteiger partial charge is 0.206 e. The Balaban J connectivity index is 2.03. The number of Topliss-reactive ketones (excluding diaryl/α,β-unsaturated/α-hetero) is 1. The molecule has 0 saturated heterocycles. The molecule has 0 radical (unpaired) electrons. The van der Waals surface area contributed by atoms with E-state index in [0.29, 0.717) is 22.5 Å². The maximum absolute atomic E-state index is 13.5. The van der Waals surface area contributed by atoms with Crippen LogP contribution in [0.2, 0.25) is 0 Å². The van der Waals surface area contributed by atoms with Crippen LogP contribution in [0.1, 0.15) is 47.6 Å². The zero-order chi connectivity index (χ0) is 20.3. The molecule has 0 aliphatic rings. The van der Waals surface area contributed by atoms with Gasteiger partial charge in [-0.2, -0.15) is 0 Å². The number of benzene rings is 2. The van der Waals surface area contributed by atoms with Crippen LogP contribution in [0.25, 0.3) is 0 Å². The van der Waals surface area contributed by atoms with E-state index in [-0.39, 0.29) is 17.6 Å². The molecular formula is C22H23BrN2O3. The maximum Gasteiger partial charge on any atom is 0.206 e. The number of phenolic OH excluding ortho intramolecular Hbond substituents is 1. The van der Waals surface area contributed by atoms with Crippen molar-refractivity contribution in [2.24, 2.45) is 0 Å². The number of hydrogen-bond donors (Lipinski definition) is 1. The fourth-order valence-corrected chi connectivity index (χ4v) is 3.75. The Hall–Kier alpha value is -2.60. The third-order valence-electron chi connectivity index (χ3n) is 4.71. The van der Waals surface area contributed by atoms with Crippen molar-refractivity contribution >= 4 is 21.7 Å². The molecule has 0 spiro atoms. The number of ketones is 1. The molecule has 1 heterocycles. The van der Waals surface area contributed by atoms with E-state index in [0.717, 1.165) is 11.1 Å². The highest BCUT2D eigenvalue weighted by Gasteiger charge is 2.27. The lowest BCUT2D eigenvalue weighted by atomic mass is 9.88. The molecule has 0 saturated carbocycles. The highest BCUT2D eigenvalue weighted by molar-refractivity contribution is 9.10. The Kier molecular flexibility index (Phi) is 6.19. The Morgan fingerprint density at radius 2 is 1.96 bits per heavy atom. The molecule has 6 heteroatoms. The van der Waals surface area contributed by atoms with Gasteiger partial charge in [0, 0.05) is 18.4 Å². The van der Waals surface area contributed by atoms with Gasteiger partial charge < -0.3 is 14.4 Å². The SMILES string of the molecule is COc1cc(C[C@H](C(=O)c2nccn2C(C)C)c2ccccc2)cc(Br)c1O. The summed E-state index contributed by atoms with van der Waals surface area (Å²) in [6, 6.07) is 13.4. The van der Waals surface area contributed by atoms with Crippen molar-refractivity contribution in [2.75, 3.05) is 7.11 Å². The van der Waals surface area contributed by atoms with Gasteiger partial charge in [0.2, 0.25) is 5.78 Å². The zero-order valence-corrected chi connectivity index (χ0v) is 17.7. The topological polar surface area (TPSA) is 64.3 Å². The number of aromatic nitrogens is 2. The largest absolute Gasteiger partial charge is 0.503 e. The van der Waals surface area contributed by atoms with Gasteiger partial charge in [-0.15, -0.1) is 0 Å². The van der Waals surface area contributed by atoms with E-state index in [1.165, 1.54) is 7.11 Å². The predicted molar refractivity (Wildman–Crippen MR) is 112 cm³/mol. The third-order valence-corrected chi connectivity index (χ3v) is 5.32. The highest BCUT2D eigenvalue weighted by Crippen LogP contribution is 2.37. The van der Waals surface area contributed by atoms with Gasteiger partial charge in [0.1, 0.15) is 0 Å². The third kappa shape index (κ3) is 4.12. The molecule has 0 amide bonds. The summed E-state index contributed by atoms with van der Waals surface area (Å²) < 4.78 is 7.68. The Labute approximate surface area is 173 Å². The minimum absolute atomic E-state index is 0.0342. The molecule has 3 rings (SSSR count). The Morgan fingerprint density at radius 1 is 1.25 bits per heavy atom. The number of ether oxygens (including phenoxy) is 1. The van der Waals surface area contributed by atoms with Crippen LogP contribution in [0.5, 0.6) is 11.5 Å². The summed E-state index contributed by atoms with van der Waals surface area (Å²) in [5.74, 6) is 0.431. The molecule has 1 atom stereocenters. The highest BCUT2D eigenvalue weighted by atomic mass is 79.9. The monoisotopic (exact) mass is 442 g/mol. The molecule has 0 aliphatic heterocycles. The van der Waals surface area contributed by atoms with Crippen molar-refractivity contribution < 1.29 is 14.6 Å². The number of carbonyl (C=O) groups is 1. The number of imidazole rings is 1. The van der Waals surface area contributed by atoms with Crippen LogP contribution in [0, 0.1) is 0 Å². The first-order valence-electron chi connectivity index (χ1n) is 9.09. The average molecular weight is 443 g/mol. The van der Waals surface area contributed by atoms with Crippen molar-refractivity contribution in [2.45, 2.75) is 32.2 Å². The maximum atomic E-state index is 13.5.